The molecule has 0 N–H and O–H groups in total. The Labute approximate surface area is 339 Å². The molecule has 0 nitrogen and oxygen atoms in total. The summed E-state index contributed by atoms with van der Waals surface area (Å²) in [7, 11) is 0. The normalized spacial score (nSPS) is 13.1. The van der Waals surface area contributed by atoms with Crippen molar-refractivity contribution in [1.29, 1.82) is 0 Å². The molecule has 0 radical (unpaired) electrons. The zero-order valence-electron chi connectivity index (χ0n) is 30.9. The first-order valence-corrected chi connectivity index (χ1v) is 21.2. The monoisotopic (exact) mass is 758 g/mol. The summed E-state index contributed by atoms with van der Waals surface area (Å²) in [5.74, 6) is 0. The van der Waals surface area contributed by atoms with Crippen LogP contribution < -0.4 is 0 Å². The molecule has 0 bridgehead atoms. The van der Waals surface area contributed by atoms with E-state index in [4.69, 9.17) is 0 Å². The van der Waals surface area contributed by atoms with E-state index in [2.05, 4.69) is 206 Å². The number of benzene rings is 9. The van der Waals surface area contributed by atoms with Crippen LogP contribution in [0.2, 0.25) is 0 Å². The Bertz CT molecular complexity index is 3280. The molecular weight excluding hydrogens is 725 g/mol. The number of thiophene rings is 2. The highest BCUT2D eigenvalue weighted by Crippen LogP contribution is 2.56. The van der Waals surface area contributed by atoms with Gasteiger partial charge < -0.3 is 0 Å². The fourth-order valence-corrected chi connectivity index (χ4v) is 12.1. The van der Waals surface area contributed by atoms with Gasteiger partial charge in [-0.25, -0.2) is 0 Å². The Kier molecular flexibility index (Phi) is 7.29. The van der Waals surface area contributed by atoms with Crippen molar-refractivity contribution in [3.8, 4) is 44.5 Å². The lowest BCUT2D eigenvalue weighted by Gasteiger charge is -2.34. The summed E-state index contributed by atoms with van der Waals surface area (Å²) in [4.78, 5) is 0. The first-order valence-electron chi connectivity index (χ1n) is 19.6. The van der Waals surface area contributed by atoms with Crippen LogP contribution in [0.25, 0.3) is 84.9 Å². The number of hydrogen-bond acceptors (Lipinski definition) is 2. The van der Waals surface area contributed by atoms with Crippen molar-refractivity contribution in [3.63, 3.8) is 0 Å². The van der Waals surface area contributed by atoms with E-state index in [9.17, 15) is 0 Å². The van der Waals surface area contributed by atoms with Gasteiger partial charge in [-0.3, -0.25) is 0 Å². The molecule has 0 fully saturated rings. The molecule has 11 aromatic rings. The van der Waals surface area contributed by atoms with E-state index in [0.717, 1.165) is 0 Å². The predicted octanol–water partition coefficient (Wildman–Crippen LogP) is 15.8. The van der Waals surface area contributed by atoms with E-state index in [0.29, 0.717) is 0 Å². The van der Waals surface area contributed by atoms with Gasteiger partial charge in [0.25, 0.3) is 0 Å². The van der Waals surface area contributed by atoms with Crippen molar-refractivity contribution >= 4 is 63.0 Å². The van der Waals surface area contributed by atoms with Gasteiger partial charge in [-0.05, 0) is 78.9 Å². The minimum Gasteiger partial charge on any atom is -0.135 e. The lowest BCUT2D eigenvalue weighted by molar-refractivity contribution is 0.769. The Hall–Kier alpha value is -6.58. The average Bonchev–Trinajstić information content (AvgIpc) is 3.95. The van der Waals surface area contributed by atoms with Crippen LogP contribution in [0.5, 0.6) is 0 Å². The summed E-state index contributed by atoms with van der Waals surface area (Å²) in [6.07, 6.45) is 0. The molecule has 57 heavy (non-hydrogen) atoms. The second kappa shape index (κ2) is 12.7. The summed E-state index contributed by atoms with van der Waals surface area (Å²) >= 11 is 3.78. The predicted molar refractivity (Wildman–Crippen MR) is 246 cm³/mol. The topological polar surface area (TPSA) is 0 Å². The van der Waals surface area contributed by atoms with Gasteiger partial charge in [0.1, 0.15) is 0 Å². The van der Waals surface area contributed by atoms with Gasteiger partial charge in [-0.15, -0.1) is 22.7 Å². The molecular formula is C55H34S2. The van der Waals surface area contributed by atoms with Crippen molar-refractivity contribution in [3.05, 3.63) is 229 Å². The maximum absolute atomic E-state index is 2.38. The van der Waals surface area contributed by atoms with Crippen LogP contribution >= 0.6 is 22.7 Å². The van der Waals surface area contributed by atoms with Gasteiger partial charge in [0.2, 0.25) is 0 Å². The Morgan fingerprint density at radius 2 is 0.614 bits per heavy atom. The van der Waals surface area contributed by atoms with Crippen LogP contribution in [0.1, 0.15) is 22.3 Å². The molecule has 0 unspecified atom stereocenters. The Morgan fingerprint density at radius 3 is 1.11 bits per heavy atom. The fourth-order valence-electron chi connectivity index (χ4n) is 9.63. The second-order valence-corrected chi connectivity index (χ2v) is 17.2. The van der Waals surface area contributed by atoms with Gasteiger partial charge in [0.15, 0.2) is 0 Å². The largest absolute Gasteiger partial charge is 0.135 e. The molecule has 1 aliphatic rings. The molecule has 0 saturated carbocycles. The minimum atomic E-state index is -0.458. The van der Waals surface area contributed by atoms with Crippen LogP contribution in [0.3, 0.4) is 0 Å². The van der Waals surface area contributed by atoms with Crippen LogP contribution in [0.15, 0.2) is 206 Å². The van der Waals surface area contributed by atoms with Crippen molar-refractivity contribution in [2.45, 2.75) is 5.41 Å². The third-order valence-corrected chi connectivity index (χ3v) is 14.7. The Morgan fingerprint density at radius 1 is 0.263 bits per heavy atom. The zero-order valence-corrected chi connectivity index (χ0v) is 32.6. The summed E-state index contributed by atoms with van der Waals surface area (Å²) in [5, 5.41) is 5.33. The van der Waals surface area contributed by atoms with Crippen molar-refractivity contribution in [2.75, 3.05) is 0 Å². The number of rotatable bonds is 5. The molecule has 1 aliphatic carbocycles. The molecule has 2 heterocycles. The van der Waals surface area contributed by atoms with Crippen LogP contribution in [0.4, 0.5) is 0 Å². The molecule has 0 amide bonds. The summed E-state index contributed by atoms with van der Waals surface area (Å²) in [5.41, 5.74) is 14.9. The highest BCUT2D eigenvalue weighted by atomic mass is 32.1. The van der Waals surface area contributed by atoms with Gasteiger partial charge in [0.05, 0.1) is 5.41 Å². The molecule has 0 atom stereocenters. The number of fused-ring (bicyclic) bond motifs is 9. The molecule has 2 heteroatoms. The van der Waals surface area contributed by atoms with Crippen molar-refractivity contribution in [2.24, 2.45) is 0 Å². The van der Waals surface area contributed by atoms with Crippen molar-refractivity contribution < 1.29 is 0 Å². The summed E-state index contributed by atoms with van der Waals surface area (Å²) in [6, 6.07) is 76.9. The smallest absolute Gasteiger partial charge is 0.0713 e. The van der Waals surface area contributed by atoms with Crippen molar-refractivity contribution in [1.82, 2.24) is 0 Å². The van der Waals surface area contributed by atoms with Crippen LogP contribution in [0, 0.1) is 0 Å². The van der Waals surface area contributed by atoms with Crippen LogP contribution in [-0.2, 0) is 5.41 Å². The third kappa shape index (κ3) is 4.85. The average molecular weight is 759 g/mol. The van der Waals surface area contributed by atoms with E-state index in [-0.39, 0.29) is 0 Å². The second-order valence-electron chi connectivity index (χ2n) is 15.1. The standard InChI is InChI=1S/C55H34S2/c1-5-19-49-43(11-1)44-12-2-6-20-50(44)55(49,40-33-29-38(30-34-40)42-16-10-18-48-46-14-4-8-22-52(46)57-54(42)48)39-31-27-36(28-32-39)35-23-25-37(26-24-35)41-15-9-17-47-45-13-3-7-21-51(45)56-53(41)47/h1-34H. The molecule has 266 valence electrons. The lowest BCUT2D eigenvalue weighted by Crippen LogP contribution is -2.28. The minimum absolute atomic E-state index is 0.458. The van der Waals surface area contributed by atoms with Gasteiger partial charge in [0, 0.05) is 40.3 Å². The van der Waals surface area contributed by atoms with E-state index in [1.807, 2.05) is 22.7 Å². The van der Waals surface area contributed by atoms with Gasteiger partial charge in [-0.1, -0.05) is 194 Å². The fraction of sp³-hybridized carbons (Fsp3) is 0.0182. The zero-order chi connectivity index (χ0) is 37.5. The Balaban J connectivity index is 0.958. The molecule has 0 aliphatic heterocycles. The lowest BCUT2D eigenvalue weighted by atomic mass is 9.67. The third-order valence-electron chi connectivity index (χ3n) is 12.2. The molecule has 2 aromatic heterocycles. The first kappa shape index (κ1) is 32.6. The first-order chi connectivity index (χ1) is 28.3. The summed E-state index contributed by atoms with van der Waals surface area (Å²) < 4.78 is 5.36. The van der Waals surface area contributed by atoms with E-state index in [1.165, 1.54) is 107 Å². The highest BCUT2D eigenvalue weighted by Gasteiger charge is 2.45. The molecule has 12 rings (SSSR count). The molecule has 9 aromatic carbocycles. The van der Waals surface area contributed by atoms with Gasteiger partial charge in [-0.2, -0.15) is 0 Å². The van der Waals surface area contributed by atoms with E-state index in [1.54, 1.807) is 0 Å². The van der Waals surface area contributed by atoms with Gasteiger partial charge >= 0.3 is 0 Å². The van der Waals surface area contributed by atoms with E-state index >= 15 is 0 Å². The SMILES string of the molecule is c1ccc2c(c1)-c1ccccc1C2(c1ccc(-c2ccc(-c3cccc4c3sc3ccccc34)cc2)cc1)c1ccc(-c2cccc3c2sc2ccccc23)cc1. The summed E-state index contributed by atoms with van der Waals surface area (Å²) in [6.45, 7) is 0. The highest BCUT2D eigenvalue weighted by molar-refractivity contribution is 7.26. The van der Waals surface area contributed by atoms with Crippen LogP contribution in [-0.4, -0.2) is 0 Å². The van der Waals surface area contributed by atoms with E-state index < -0.39 is 5.41 Å². The number of hydrogen-bond donors (Lipinski definition) is 0. The molecule has 0 spiro atoms. The quantitative estimate of drug-likeness (QED) is 0.164. The molecule has 0 saturated heterocycles. The maximum Gasteiger partial charge on any atom is 0.0713 e. The maximum atomic E-state index is 2.38.